The Bertz CT molecular complexity index is 446. The van der Waals surface area contributed by atoms with Gasteiger partial charge in [0, 0.05) is 16.5 Å². The van der Waals surface area contributed by atoms with Crippen LogP contribution in [0.25, 0.3) is 0 Å². The number of hydrogen-bond acceptors (Lipinski definition) is 3. The van der Waals surface area contributed by atoms with Crippen LogP contribution < -0.4 is 11.1 Å². The quantitative estimate of drug-likeness (QED) is 0.325. The lowest BCUT2D eigenvalue weighted by Crippen LogP contribution is -2.35. The summed E-state index contributed by atoms with van der Waals surface area (Å²) in [4.78, 5) is 0. The van der Waals surface area contributed by atoms with Gasteiger partial charge in [-0.2, -0.15) is 0 Å². The van der Waals surface area contributed by atoms with Crippen molar-refractivity contribution in [2.24, 2.45) is 16.3 Å². The van der Waals surface area contributed by atoms with Crippen LogP contribution in [0.2, 0.25) is 5.02 Å². The molecule has 0 aliphatic carbocycles. The standard InChI is InChI=1S/C14H22ClN3O/c1-10(11-6-4-5-7-12(11)15)17-9-8-14(2,3)13(16)18-19/h4-7,10,17,19H,8-9H2,1-3H3,(H2,16,18)/t10-/m1/s1. The highest BCUT2D eigenvalue weighted by Crippen LogP contribution is 2.23. The van der Waals surface area contributed by atoms with Crippen molar-refractivity contribution in [2.45, 2.75) is 33.2 Å². The minimum atomic E-state index is -0.331. The van der Waals surface area contributed by atoms with Crippen LogP contribution in [0.4, 0.5) is 0 Å². The number of rotatable bonds is 6. The third-order valence-electron chi connectivity index (χ3n) is 3.37. The molecule has 0 saturated carbocycles. The van der Waals surface area contributed by atoms with Gasteiger partial charge in [0.05, 0.1) is 0 Å². The van der Waals surface area contributed by atoms with Crippen molar-refractivity contribution in [3.05, 3.63) is 34.9 Å². The van der Waals surface area contributed by atoms with Gasteiger partial charge in [-0.1, -0.05) is 48.8 Å². The zero-order valence-electron chi connectivity index (χ0n) is 11.7. The van der Waals surface area contributed by atoms with Crippen molar-refractivity contribution in [3.63, 3.8) is 0 Å². The minimum absolute atomic E-state index is 0.164. The highest BCUT2D eigenvalue weighted by Gasteiger charge is 2.23. The van der Waals surface area contributed by atoms with Crippen molar-refractivity contribution in [2.75, 3.05) is 6.54 Å². The van der Waals surface area contributed by atoms with Crippen LogP contribution in [0.5, 0.6) is 0 Å². The number of oxime groups is 1. The van der Waals surface area contributed by atoms with Gasteiger partial charge in [-0.15, -0.1) is 0 Å². The van der Waals surface area contributed by atoms with E-state index in [2.05, 4.69) is 17.4 Å². The van der Waals surface area contributed by atoms with Crippen molar-refractivity contribution in [1.29, 1.82) is 0 Å². The van der Waals surface area contributed by atoms with Crippen molar-refractivity contribution in [1.82, 2.24) is 5.32 Å². The van der Waals surface area contributed by atoms with E-state index in [1.54, 1.807) is 0 Å². The van der Waals surface area contributed by atoms with Gasteiger partial charge in [-0.05, 0) is 31.5 Å². The monoisotopic (exact) mass is 283 g/mol. The Balaban J connectivity index is 2.52. The van der Waals surface area contributed by atoms with Gasteiger partial charge in [-0.25, -0.2) is 0 Å². The van der Waals surface area contributed by atoms with Crippen LogP contribution in [-0.4, -0.2) is 17.6 Å². The molecule has 4 N–H and O–H groups in total. The van der Waals surface area contributed by atoms with Crippen LogP contribution in [-0.2, 0) is 0 Å². The van der Waals surface area contributed by atoms with E-state index in [1.165, 1.54) is 0 Å². The van der Waals surface area contributed by atoms with Crippen LogP contribution in [0.1, 0.15) is 38.8 Å². The third-order valence-corrected chi connectivity index (χ3v) is 3.72. The summed E-state index contributed by atoms with van der Waals surface area (Å²) in [6, 6.07) is 7.95. The molecule has 4 nitrogen and oxygen atoms in total. The summed E-state index contributed by atoms with van der Waals surface area (Å²) in [5.41, 5.74) is 6.40. The Labute approximate surface area is 119 Å². The topological polar surface area (TPSA) is 70.6 Å². The van der Waals surface area contributed by atoms with E-state index in [1.807, 2.05) is 38.1 Å². The number of nitrogens with zero attached hydrogens (tertiary/aromatic N) is 1. The average Bonchev–Trinajstić information content (AvgIpc) is 2.37. The zero-order valence-corrected chi connectivity index (χ0v) is 12.4. The molecule has 1 rings (SSSR count). The number of nitrogens with one attached hydrogen (secondary N) is 1. The second-order valence-electron chi connectivity index (χ2n) is 5.32. The maximum absolute atomic E-state index is 8.72. The smallest absolute Gasteiger partial charge is 0.144 e. The maximum Gasteiger partial charge on any atom is 0.144 e. The normalized spacial score (nSPS) is 14.4. The highest BCUT2D eigenvalue weighted by atomic mass is 35.5. The fourth-order valence-electron chi connectivity index (χ4n) is 1.80. The van der Waals surface area contributed by atoms with Gasteiger partial charge in [-0.3, -0.25) is 0 Å². The Hall–Kier alpha value is -1.26. The number of nitrogens with two attached hydrogens (primary N) is 1. The molecule has 0 saturated heterocycles. The Morgan fingerprint density at radius 3 is 2.68 bits per heavy atom. The predicted octanol–water partition coefficient (Wildman–Crippen LogP) is 3.15. The number of amidine groups is 1. The molecule has 0 aliphatic rings. The summed E-state index contributed by atoms with van der Waals surface area (Å²) in [5.74, 6) is 0.250. The second-order valence-corrected chi connectivity index (χ2v) is 5.72. The first kappa shape index (κ1) is 15.8. The van der Waals surface area contributed by atoms with E-state index in [0.717, 1.165) is 23.6 Å². The lowest BCUT2D eigenvalue weighted by molar-refractivity contribution is 0.304. The van der Waals surface area contributed by atoms with E-state index >= 15 is 0 Å². The SMILES string of the molecule is C[C@@H](NCCC(C)(C)/C(N)=N/O)c1ccccc1Cl. The summed E-state index contributed by atoms with van der Waals surface area (Å²) >= 11 is 6.15. The van der Waals surface area contributed by atoms with E-state index in [4.69, 9.17) is 22.5 Å². The molecule has 0 aromatic heterocycles. The van der Waals surface area contributed by atoms with Crippen LogP contribution in [0.3, 0.4) is 0 Å². The number of halogens is 1. The Morgan fingerprint density at radius 1 is 1.47 bits per heavy atom. The lowest BCUT2D eigenvalue weighted by atomic mass is 9.88. The van der Waals surface area contributed by atoms with Crippen LogP contribution >= 0.6 is 11.6 Å². The molecule has 106 valence electrons. The van der Waals surface area contributed by atoms with Gasteiger partial charge >= 0.3 is 0 Å². The molecule has 0 fully saturated rings. The third kappa shape index (κ3) is 4.40. The first-order valence-corrected chi connectivity index (χ1v) is 6.72. The van der Waals surface area contributed by atoms with Gasteiger partial charge < -0.3 is 16.3 Å². The van der Waals surface area contributed by atoms with Gasteiger partial charge in [0.2, 0.25) is 0 Å². The largest absolute Gasteiger partial charge is 0.409 e. The molecule has 0 bridgehead atoms. The molecule has 1 aromatic carbocycles. The van der Waals surface area contributed by atoms with Crippen molar-refractivity contribution >= 4 is 17.4 Å². The lowest BCUT2D eigenvalue weighted by Gasteiger charge is -2.24. The molecule has 1 aromatic rings. The molecule has 5 heteroatoms. The highest BCUT2D eigenvalue weighted by molar-refractivity contribution is 6.31. The molecule has 0 heterocycles. The van der Waals surface area contributed by atoms with Crippen molar-refractivity contribution < 1.29 is 5.21 Å². The van der Waals surface area contributed by atoms with Crippen LogP contribution in [0.15, 0.2) is 29.4 Å². The van der Waals surface area contributed by atoms with Gasteiger partial charge in [0.1, 0.15) is 5.84 Å². The first-order valence-electron chi connectivity index (χ1n) is 6.34. The number of hydrogen-bond donors (Lipinski definition) is 3. The zero-order chi connectivity index (χ0) is 14.5. The molecule has 0 spiro atoms. The molecule has 19 heavy (non-hydrogen) atoms. The Morgan fingerprint density at radius 2 is 2.11 bits per heavy atom. The molecule has 1 atom stereocenters. The summed E-state index contributed by atoms with van der Waals surface area (Å²) in [6.45, 7) is 6.72. The second kappa shape index (κ2) is 6.78. The van der Waals surface area contributed by atoms with E-state index in [9.17, 15) is 0 Å². The molecular formula is C14H22ClN3O. The fraction of sp³-hybridized carbons (Fsp3) is 0.500. The van der Waals surface area contributed by atoms with Crippen LogP contribution in [0, 0.1) is 5.41 Å². The van der Waals surface area contributed by atoms with Gasteiger partial charge in [0.15, 0.2) is 0 Å². The van der Waals surface area contributed by atoms with E-state index in [0.29, 0.717) is 0 Å². The fourth-order valence-corrected chi connectivity index (χ4v) is 2.10. The van der Waals surface area contributed by atoms with Crippen molar-refractivity contribution in [3.8, 4) is 0 Å². The molecule has 0 aliphatic heterocycles. The Kier molecular flexibility index (Phi) is 5.63. The number of benzene rings is 1. The summed E-state index contributed by atoms with van der Waals surface area (Å²) in [7, 11) is 0. The average molecular weight is 284 g/mol. The maximum atomic E-state index is 8.72. The minimum Gasteiger partial charge on any atom is -0.409 e. The predicted molar refractivity (Wildman–Crippen MR) is 79.7 cm³/mol. The van der Waals surface area contributed by atoms with E-state index in [-0.39, 0.29) is 17.3 Å². The van der Waals surface area contributed by atoms with E-state index < -0.39 is 0 Å². The molecule has 0 unspecified atom stereocenters. The summed E-state index contributed by atoms with van der Waals surface area (Å²) < 4.78 is 0. The molecular weight excluding hydrogens is 262 g/mol. The van der Waals surface area contributed by atoms with Gasteiger partial charge in [0.25, 0.3) is 0 Å². The summed E-state index contributed by atoms with van der Waals surface area (Å²) in [5, 5.41) is 16.0. The molecule has 0 amide bonds. The summed E-state index contributed by atoms with van der Waals surface area (Å²) in [6.07, 6.45) is 0.775. The molecule has 0 radical (unpaired) electrons. The first-order chi connectivity index (χ1) is 8.88.